The van der Waals surface area contributed by atoms with Crippen molar-refractivity contribution in [2.24, 2.45) is 5.41 Å². The van der Waals surface area contributed by atoms with Gasteiger partial charge in [-0.05, 0) is 26.2 Å². The smallest absolute Gasteiger partial charge is 0.230 e. The van der Waals surface area contributed by atoms with E-state index in [1.807, 2.05) is 19.0 Å². The van der Waals surface area contributed by atoms with Crippen molar-refractivity contribution in [3.63, 3.8) is 0 Å². The van der Waals surface area contributed by atoms with Crippen molar-refractivity contribution in [3.05, 3.63) is 5.82 Å². The van der Waals surface area contributed by atoms with E-state index in [2.05, 4.69) is 37.7 Å². The predicted octanol–water partition coefficient (Wildman–Crippen LogP) is 2.84. The van der Waals surface area contributed by atoms with Crippen LogP contribution in [0.3, 0.4) is 0 Å². The zero-order valence-electron chi connectivity index (χ0n) is 15.9. The molecule has 2 fully saturated rings. The standard InChI is InChI=1S/C18H31N5O/c1-7-24-14-11-13(18(14)9-8-10-18)23(6)17-20-15(12(2)3)19-16(21-17)22(4)5/h12-14H,7-11H2,1-6H3. The van der Waals surface area contributed by atoms with Crippen molar-refractivity contribution in [1.29, 1.82) is 0 Å². The van der Waals surface area contributed by atoms with E-state index in [4.69, 9.17) is 14.7 Å². The molecule has 1 heterocycles. The molecule has 1 spiro atoms. The number of nitrogens with zero attached hydrogens (tertiary/aromatic N) is 5. The van der Waals surface area contributed by atoms with Gasteiger partial charge >= 0.3 is 0 Å². The van der Waals surface area contributed by atoms with Gasteiger partial charge in [0.25, 0.3) is 0 Å². The van der Waals surface area contributed by atoms with Crippen LogP contribution in [0.2, 0.25) is 0 Å². The molecule has 2 unspecified atom stereocenters. The Morgan fingerprint density at radius 1 is 1.12 bits per heavy atom. The predicted molar refractivity (Wildman–Crippen MR) is 96.7 cm³/mol. The Bertz CT molecular complexity index is 559. The van der Waals surface area contributed by atoms with Gasteiger partial charge in [0.05, 0.1) is 6.10 Å². The van der Waals surface area contributed by atoms with E-state index in [0.717, 1.165) is 30.7 Å². The minimum absolute atomic E-state index is 0.286. The molecule has 6 heteroatoms. The van der Waals surface area contributed by atoms with Crippen LogP contribution in [0.15, 0.2) is 0 Å². The van der Waals surface area contributed by atoms with E-state index in [9.17, 15) is 0 Å². The van der Waals surface area contributed by atoms with Gasteiger partial charge in [-0.15, -0.1) is 0 Å². The topological polar surface area (TPSA) is 54.4 Å². The fraction of sp³-hybridized carbons (Fsp3) is 0.833. The average molecular weight is 333 g/mol. The van der Waals surface area contributed by atoms with Crippen molar-refractivity contribution in [3.8, 4) is 0 Å². The fourth-order valence-electron chi connectivity index (χ4n) is 4.07. The van der Waals surface area contributed by atoms with Crippen LogP contribution in [0.4, 0.5) is 11.9 Å². The number of rotatable bonds is 6. The molecule has 2 atom stereocenters. The summed E-state index contributed by atoms with van der Waals surface area (Å²) in [4.78, 5) is 18.3. The van der Waals surface area contributed by atoms with E-state index in [1.54, 1.807) is 0 Å². The molecule has 2 aliphatic carbocycles. The summed E-state index contributed by atoms with van der Waals surface area (Å²) >= 11 is 0. The lowest BCUT2D eigenvalue weighted by Crippen LogP contribution is -2.67. The normalized spacial score (nSPS) is 24.6. The SMILES string of the molecule is CCOC1CC(N(C)c2nc(C(C)C)nc(N(C)C)n2)C12CCC2. The van der Waals surface area contributed by atoms with Crippen LogP contribution in [0.25, 0.3) is 0 Å². The largest absolute Gasteiger partial charge is 0.378 e. The first-order chi connectivity index (χ1) is 11.4. The fourth-order valence-corrected chi connectivity index (χ4v) is 4.07. The second kappa shape index (κ2) is 6.47. The van der Waals surface area contributed by atoms with Crippen LogP contribution < -0.4 is 9.80 Å². The molecule has 0 radical (unpaired) electrons. The molecule has 3 rings (SSSR count). The zero-order valence-corrected chi connectivity index (χ0v) is 15.9. The van der Waals surface area contributed by atoms with Gasteiger partial charge < -0.3 is 14.5 Å². The molecular formula is C18H31N5O. The van der Waals surface area contributed by atoms with Gasteiger partial charge in [-0.1, -0.05) is 20.3 Å². The molecule has 0 aromatic carbocycles. The molecular weight excluding hydrogens is 302 g/mol. The number of hydrogen-bond donors (Lipinski definition) is 0. The third-order valence-electron chi connectivity index (χ3n) is 5.72. The highest BCUT2D eigenvalue weighted by atomic mass is 16.5. The summed E-state index contributed by atoms with van der Waals surface area (Å²) in [5.74, 6) is 2.68. The molecule has 0 aliphatic heterocycles. The van der Waals surface area contributed by atoms with Crippen LogP contribution >= 0.6 is 0 Å². The van der Waals surface area contributed by atoms with Crippen molar-refractivity contribution in [2.75, 3.05) is 37.5 Å². The number of ether oxygens (including phenoxy) is 1. The molecule has 0 amide bonds. The Labute approximate surface area is 145 Å². The van der Waals surface area contributed by atoms with Gasteiger partial charge in [-0.2, -0.15) is 15.0 Å². The van der Waals surface area contributed by atoms with Crippen molar-refractivity contribution >= 4 is 11.9 Å². The highest BCUT2D eigenvalue weighted by molar-refractivity contribution is 5.41. The van der Waals surface area contributed by atoms with Gasteiger partial charge in [0.2, 0.25) is 11.9 Å². The molecule has 1 aromatic rings. The van der Waals surface area contributed by atoms with E-state index >= 15 is 0 Å². The molecule has 2 saturated carbocycles. The number of aromatic nitrogens is 3. The average Bonchev–Trinajstić information content (AvgIpc) is 2.48. The maximum Gasteiger partial charge on any atom is 0.230 e. The van der Waals surface area contributed by atoms with Crippen LogP contribution in [-0.2, 0) is 4.74 Å². The Kier molecular flexibility index (Phi) is 4.69. The Hall–Kier alpha value is -1.43. The van der Waals surface area contributed by atoms with Gasteiger partial charge in [0, 0.05) is 45.1 Å². The van der Waals surface area contributed by atoms with Crippen molar-refractivity contribution in [1.82, 2.24) is 15.0 Å². The van der Waals surface area contributed by atoms with E-state index in [-0.39, 0.29) is 5.92 Å². The number of anilines is 2. The van der Waals surface area contributed by atoms with Gasteiger partial charge in [-0.3, -0.25) is 0 Å². The molecule has 0 bridgehead atoms. The third-order valence-corrected chi connectivity index (χ3v) is 5.72. The minimum Gasteiger partial charge on any atom is -0.378 e. The summed E-state index contributed by atoms with van der Waals surface area (Å²) in [6.07, 6.45) is 5.31. The molecule has 6 nitrogen and oxygen atoms in total. The maximum atomic E-state index is 5.99. The minimum atomic E-state index is 0.286. The van der Waals surface area contributed by atoms with Crippen molar-refractivity contribution in [2.45, 2.75) is 64.5 Å². The quantitative estimate of drug-likeness (QED) is 0.798. The monoisotopic (exact) mass is 333 g/mol. The lowest BCUT2D eigenvalue weighted by molar-refractivity contribution is -0.164. The molecule has 0 saturated heterocycles. The summed E-state index contributed by atoms with van der Waals surface area (Å²) in [6.45, 7) is 7.14. The first-order valence-corrected chi connectivity index (χ1v) is 9.16. The maximum absolute atomic E-state index is 5.99. The lowest BCUT2D eigenvalue weighted by atomic mass is 9.50. The summed E-state index contributed by atoms with van der Waals surface area (Å²) in [5.41, 5.74) is 0.313. The molecule has 0 N–H and O–H groups in total. The van der Waals surface area contributed by atoms with Gasteiger partial charge in [-0.25, -0.2) is 0 Å². The van der Waals surface area contributed by atoms with Crippen LogP contribution in [0.1, 0.15) is 58.2 Å². The second-order valence-electron chi connectivity index (χ2n) is 7.74. The Morgan fingerprint density at radius 3 is 2.29 bits per heavy atom. The highest BCUT2D eigenvalue weighted by Gasteiger charge is 2.60. The summed E-state index contributed by atoms with van der Waals surface area (Å²) in [7, 11) is 6.09. The Balaban J connectivity index is 1.86. The zero-order chi connectivity index (χ0) is 17.5. The molecule has 2 aliphatic rings. The number of hydrogen-bond acceptors (Lipinski definition) is 6. The second-order valence-corrected chi connectivity index (χ2v) is 7.74. The summed E-state index contributed by atoms with van der Waals surface area (Å²) in [6, 6.07) is 0.472. The molecule has 1 aromatic heterocycles. The molecule has 24 heavy (non-hydrogen) atoms. The summed E-state index contributed by atoms with van der Waals surface area (Å²) < 4.78 is 5.99. The highest BCUT2D eigenvalue weighted by Crippen LogP contribution is 2.59. The first-order valence-electron chi connectivity index (χ1n) is 9.16. The van der Waals surface area contributed by atoms with Crippen LogP contribution in [-0.4, -0.2) is 54.8 Å². The van der Waals surface area contributed by atoms with E-state index in [0.29, 0.717) is 17.6 Å². The third kappa shape index (κ3) is 2.75. The molecule has 134 valence electrons. The first kappa shape index (κ1) is 17.4. The van der Waals surface area contributed by atoms with Crippen LogP contribution in [0, 0.1) is 5.41 Å². The van der Waals surface area contributed by atoms with Gasteiger partial charge in [0.15, 0.2) is 0 Å². The lowest BCUT2D eigenvalue weighted by Gasteiger charge is -2.63. The van der Waals surface area contributed by atoms with Gasteiger partial charge in [0.1, 0.15) is 5.82 Å². The van der Waals surface area contributed by atoms with Crippen LogP contribution in [0.5, 0.6) is 0 Å². The Morgan fingerprint density at radius 2 is 1.79 bits per heavy atom. The van der Waals surface area contributed by atoms with Crippen molar-refractivity contribution < 1.29 is 4.74 Å². The summed E-state index contributed by atoms with van der Waals surface area (Å²) in [5, 5.41) is 0. The van der Waals surface area contributed by atoms with E-state index in [1.165, 1.54) is 19.3 Å². The van der Waals surface area contributed by atoms with E-state index < -0.39 is 0 Å².